The monoisotopic (exact) mass is 559 g/mol. The molecule has 0 fully saturated rings. The van der Waals surface area contributed by atoms with Crippen molar-refractivity contribution in [2.24, 2.45) is 0 Å². The second-order valence-electron chi connectivity index (χ2n) is 9.00. The van der Waals surface area contributed by atoms with E-state index in [4.69, 9.17) is 14.6 Å². The summed E-state index contributed by atoms with van der Waals surface area (Å²) in [5, 5.41) is 9.27. The summed E-state index contributed by atoms with van der Waals surface area (Å²) in [6, 6.07) is 25.4. The van der Waals surface area contributed by atoms with Gasteiger partial charge in [0.2, 0.25) is 4.96 Å². The van der Waals surface area contributed by atoms with E-state index in [9.17, 15) is 4.79 Å². The third-order valence-electron chi connectivity index (χ3n) is 6.26. The smallest absolute Gasteiger partial charge is 0.291 e. The largest absolute Gasteiger partial charge is 0.493 e. The number of methoxy groups -OCH3 is 1. The highest BCUT2D eigenvalue weighted by Gasteiger charge is 2.14. The van der Waals surface area contributed by atoms with Crippen molar-refractivity contribution in [1.29, 1.82) is 0 Å². The number of hydrogen-bond donors (Lipinski definition) is 0. The number of fused-ring (bicyclic) bond motifs is 1. The molecule has 6 rings (SSSR count). The Labute approximate surface area is 239 Å². The van der Waals surface area contributed by atoms with Crippen molar-refractivity contribution in [2.45, 2.75) is 0 Å². The normalized spacial score (nSPS) is 11.9. The maximum Gasteiger partial charge on any atom is 0.291 e. The molecule has 8 nitrogen and oxygen atoms in total. The predicted molar refractivity (Wildman–Crippen MR) is 163 cm³/mol. The van der Waals surface area contributed by atoms with Crippen molar-refractivity contribution >= 4 is 34.5 Å². The van der Waals surface area contributed by atoms with E-state index in [1.807, 2.05) is 102 Å². The number of thiazole rings is 1. The van der Waals surface area contributed by atoms with Gasteiger partial charge in [-0.1, -0.05) is 84.7 Å². The summed E-state index contributed by atoms with van der Waals surface area (Å²) in [6.07, 6.45) is 9.09. The standard InChI is InChI=1S/C32H25N5O3S/c1-3-18-40-26-16-14-22(19-27(26)39-2)15-17-29-33-32-37(34-29)31(38)28(41-32)20-24-21-36(25-12-8-5-9-13-25)35-30(24)23-10-6-4-7-11-23/h3-17,19-21H,1,18H2,2H3/b17-15+,28-20-. The molecule has 0 saturated heterocycles. The first-order valence-electron chi connectivity index (χ1n) is 12.8. The van der Waals surface area contributed by atoms with E-state index in [2.05, 4.69) is 16.7 Å². The lowest BCUT2D eigenvalue weighted by atomic mass is 10.1. The molecule has 3 aromatic carbocycles. The van der Waals surface area contributed by atoms with Crippen molar-refractivity contribution < 1.29 is 9.47 Å². The minimum atomic E-state index is -0.228. The maximum atomic E-state index is 13.3. The highest BCUT2D eigenvalue weighted by atomic mass is 32.1. The van der Waals surface area contributed by atoms with Gasteiger partial charge in [-0.3, -0.25) is 4.79 Å². The Morgan fingerprint density at radius 2 is 1.73 bits per heavy atom. The van der Waals surface area contributed by atoms with Crippen LogP contribution in [0.2, 0.25) is 0 Å². The maximum absolute atomic E-state index is 13.3. The molecular formula is C32H25N5O3S. The van der Waals surface area contributed by atoms with Crippen LogP contribution in [-0.2, 0) is 0 Å². The number of benzene rings is 3. The Hall–Kier alpha value is -5.28. The molecule has 0 bridgehead atoms. The van der Waals surface area contributed by atoms with Crippen LogP contribution in [0.4, 0.5) is 0 Å². The Bertz CT molecular complexity index is 1970. The van der Waals surface area contributed by atoms with Crippen LogP contribution >= 0.6 is 11.3 Å². The molecule has 0 atom stereocenters. The summed E-state index contributed by atoms with van der Waals surface area (Å²) in [7, 11) is 1.59. The van der Waals surface area contributed by atoms with Crippen molar-refractivity contribution in [3.63, 3.8) is 0 Å². The molecule has 0 aliphatic rings. The fraction of sp³-hybridized carbons (Fsp3) is 0.0625. The van der Waals surface area contributed by atoms with Gasteiger partial charge in [0.25, 0.3) is 5.56 Å². The summed E-state index contributed by atoms with van der Waals surface area (Å²) in [4.78, 5) is 18.4. The van der Waals surface area contributed by atoms with Crippen molar-refractivity contribution in [2.75, 3.05) is 13.7 Å². The van der Waals surface area contributed by atoms with Gasteiger partial charge in [-0.15, -0.1) is 5.10 Å². The molecule has 0 N–H and O–H groups in total. The minimum absolute atomic E-state index is 0.228. The molecule has 0 unspecified atom stereocenters. The zero-order chi connectivity index (χ0) is 28.2. The molecule has 0 radical (unpaired) electrons. The molecule has 0 saturated carbocycles. The molecule has 0 aliphatic heterocycles. The van der Waals surface area contributed by atoms with E-state index in [1.165, 1.54) is 15.9 Å². The molecule has 0 spiro atoms. The number of aromatic nitrogens is 5. The third kappa shape index (κ3) is 5.43. The molecule has 3 aromatic heterocycles. The Kier molecular flexibility index (Phi) is 7.25. The molecular weight excluding hydrogens is 534 g/mol. The Morgan fingerprint density at radius 1 is 0.951 bits per heavy atom. The number of para-hydroxylation sites is 1. The summed E-state index contributed by atoms with van der Waals surface area (Å²) in [6.45, 7) is 4.06. The van der Waals surface area contributed by atoms with Gasteiger partial charge < -0.3 is 9.47 Å². The average Bonchev–Trinajstić information content (AvgIpc) is 3.70. The van der Waals surface area contributed by atoms with Crippen LogP contribution in [0.5, 0.6) is 11.5 Å². The molecule has 0 amide bonds. The lowest BCUT2D eigenvalue weighted by Crippen LogP contribution is -2.23. The first-order chi connectivity index (χ1) is 20.1. The van der Waals surface area contributed by atoms with Gasteiger partial charge in [0, 0.05) is 17.3 Å². The van der Waals surface area contributed by atoms with E-state index in [0.717, 1.165) is 28.1 Å². The van der Waals surface area contributed by atoms with Crippen LogP contribution in [0.15, 0.2) is 103 Å². The van der Waals surface area contributed by atoms with Gasteiger partial charge >= 0.3 is 0 Å². The van der Waals surface area contributed by atoms with Crippen molar-refractivity contribution in [1.82, 2.24) is 24.4 Å². The first-order valence-corrected chi connectivity index (χ1v) is 13.7. The second-order valence-corrected chi connectivity index (χ2v) is 10.0. The lowest BCUT2D eigenvalue weighted by molar-refractivity contribution is 0.326. The number of rotatable bonds is 9. The van der Waals surface area contributed by atoms with Crippen molar-refractivity contribution in [3.8, 4) is 28.4 Å². The zero-order valence-corrected chi connectivity index (χ0v) is 23.0. The van der Waals surface area contributed by atoms with Gasteiger partial charge in [0.1, 0.15) is 6.61 Å². The molecule has 0 aliphatic carbocycles. The molecule has 202 valence electrons. The topological polar surface area (TPSA) is 83.5 Å². The van der Waals surface area contributed by atoms with Crippen LogP contribution in [0, 0.1) is 0 Å². The predicted octanol–water partition coefficient (Wildman–Crippen LogP) is 5.30. The van der Waals surface area contributed by atoms with Crippen LogP contribution < -0.4 is 19.6 Å². The van der Waals surface area contributed by atoms with Gasteiger partial charge in [-0.2, -0.15) is 14.6 Å². The minimum Gasteiger partial charge on any atom is -0.493 e. The summed E-state index contributed by atoms with van der Waals surface area (Å²) < 4.78 is 14.7. The Morgan fingerprint density at radius 3 is 2.46 bits per heavy atom. The lowest BCUT2D eigenvalue weighted by Gasteiger charge is -2.09. The quantitative estimate of drug-likeness (QED) is 0.224. The molecule has 6 aromatic rings. The third-order valence-corrected chi connectivity index (χ3v) is 7.22. The van der Waals surface area contributed by atoms with Crippen LogP contribution in [-0.4, -0.2) is 38.1 Å². The average molecular weight is 560 g/mol. The van der Waals surface area contributed by atoms with E-state index < -0.39 is 0 Å². The zero-order valence-electron chi connectivity index (χ0n) is 22.2. The van der Waals surface area contributed by atoms with Gasteiger partial charge in [-0.05, 0) is 42.0 Å². The second kappa shape index (κ2) is 11.4. The number of ether oxygens (including phenoxy) is 2. The fourth-order valence-electron chi connectivity index (χ4n) is 4.31. The first kappa shape index (κ1) is 26.0. The Balaban J connectivity index is 1.33. The highest BCUT2D eigenvalue weighted by molar-refractivity contribution is 7.15. The number of hydrogen-bond acceptors (Lipinski definition) is 7. The van der Waals surface area contributed by atoms with Crippen LogP contribution in [0.3, 0.4) is 0 Å². The summed E-state index contributed by atoms with van der Waals surface area (Å²) >= 11 is 1.29. The molecule has 9 heteroatoms. The highest BCUT2D eigenvalue weighted by Crippen LogP contribution is 2.29. The van der Waals surface area contributed by atoms with E-state index >= 15 is 0 Å². The fourth-order valence-corrected chi connectivity index (χ4v) is 5.22. The van der Waals surface area contributed by atoms with Crippen LogP contribution in [0.1, 0.15) is 17.0 Å². The van der Waals surface area contributed by atoms with Gasteiger partial charge in [-0.25, -0.2) is 4.68 Å². The SMILES string of the molecule is C=CCOc1ccc(/C=C/c2nc3s/c(=C\c4cn(-c5ccccc5)nc4-c4ccccc4)c(=O)n3n2)cc1OC. The summed E-state index contributed by atoms with van der Waals surface area (Å²) in [5.41, 5.74) is 4.16. The van der Waals surface area contributed by atoms with E-state index in [0.29, 0.717) is 33.4 Å². The van der Waals surface area contributed by atoms with Gasteiger partial charge in [0.15, 0.2) is 17.3 Å². The van der Waals surface area contributed by atoms with Crippen molar-refractivity contribution in [3.05, 3.63) is 130 Å². The van der Waals surface area contributed by atoms with Crippen LogP contribution in [0.25, 0.3) is 40.1 Å². The molecule has 41 heavy (non-hydrogen) atoms. The number of nitrogens with zero attached hydrogens (tertiary/aromatic N) is 5. The summed E-state index contributed by atoms with van der Waals surface area (Å²) in [5.74, 6) is 1.68. The molecule has 3 heterocycles. The van der Waals surface area contributed by atoms with Gasteiger partial charge in [0.05, 0.1) is 23.0 Å². The van der Waals surface area contributed by atoms with E-state index in [1.54, 1.807) is 19.3 Å². The van der Waals surface area contributed by atoms with E-state index in [-0.39, 0.29) is 5.56 Å².